The minimum atomic E-state index is -1.10. The van der Waals surface area contributed by atoms with Crippen molar-refractivity contribution in [3.8, 4) is 0 Å². The Morgan fingerprint density at radius 2 is 2.04 bits per heavy atom. The third kappa shape index (κ3) is 3.94. The van der Waals surface area contributed by atoms with Crippen LogP contribution in [-0.4, -0.2) is 27.2 Å². The number of amides is 1. The number of anilines is 1. The zero-order valence-electron chi connectivity index (χ0n) is 13.0. The largest absolute Gasteiger partial charge is 0.478 e. The number of hydrogen-bond acceptors (Lipinski definition) is 5. The lowest BCUT2D eigenvalue weighted by atomic mass is 10.2. The van der Waals surface area contributed by atoms with Crippen molar-refractivity contribution in [1.29, 1.82) is 0 Å². The monoisotopic (exact) mass is 376 g/mol. The lowest BCUT2D eigenvalue weighted by Gasteiger charge is -2.11. The molecule has 2 N–H and O–H groups in total. The number of para-hydroxylation sites is 2. The molecule has 25 heavy (non-hydrogen) atoms. The van der Waals surface area contributed by atoms with Gasteiger partial charge in [-0.15, -0.1) is 0 Å². The van der Waals surface area contributed by atoms with E-state index in [1.165, 1.54) is 18.2 Å². The molecule has 8 heteroatoms. The number of carboxylic acid groups (broad SMARTS) is 1. The van der Waals surface area contributed by atoms with Gasteiger partial charge in [-0.1, -0.05) is 35.5 Å². The number of carbonyl (C=O) groups is 2. The summed E-state index contributed by atoms with van der Waals surface area (Å²) in [6, 6.07) is 11.4. The van der Waals surface area contributed by atoms with E-state index in [2.05, 4.69) is 10.3 Å². The first kappa shape index (κ1) is 17.3. The molecule has 6 nitrogen and oxygen atoms in total. The SMILES string of the molecule is CC(Sc1nc2ccccc2o1)C(=O)Nc1cc(C(=O)O)ccc1Cl. The van der Waals surface area contributed by atoms with Gasteiger partial charge in [-0.3, -0.25) is 4.79 Å². The molecule has 128 valence electrons. The second kappa shape index (κ2) is 7.16. The molecule has 0 saturated carbocycles. The van der Waals surface area contributed by atoms with Gasteiger partial charge in [0.15, 0.2) is 5.58 Å². The zero-order chi connectivity index (χ0) is 18.0. The Hall–Kier alpha value is -2.51. The van der Waals surface area contributed by atoms with Crippen molar-refractivity contribution in [2.45, 2.75) is 17.4 Å². The predicted molar refractivity (Wildman–Crippen MR) is 96.4 cm³/mol. The average molecular weight is 377 g/mol. The van der Waals surface area contributed by atoms with Crippen molar-refractivity contribution in [3.05, 3.63) is 53.1 Å². The highest BCUT2D eigenvalue weighted by molar-refractivity contribution is 8.00. The molecule has 1 atom stereocenters. The van der Waals surface area contributed by atoms with E-state index < -0.39 is 11.2 Å². The summed E-state index contributed by atoms with van der Waals surface area (Å²) in [5.41, 5.74) is 1.65. The number of oxazole rings is 1. The normalized spacial score (nSPS) is 12.1. The topological polar surface area (TPSA) is 92.4 Å². The minimum absolute atomic E-state index is 0.0407. The molecule has 3 rings (SSSR count). The Bertz CT molecular complexity index is 924. The second-order valence-electron chi connectivity index (χ2n) is 5.20. The number of thioether (sulfide) groups is 1. The van der Waals surface area contributed by atoms with Crippen molar-refractivity contribution >= 4 is 52.0 Å². The average Bonchev–Trinajstić information content (AvgIpc) is 2.98. The third-order valence-corrected chi connectivity index (χ3v) is 4.67. The molecule has 1 amide bonds. The molecule has 2 aromatic carbocycles. The number of aromatic nitrogens is 1. The molecular formula is C17H13ClN2O4S. The molecular weight excluding hydrogens is 364 g/mol. The maximum absolute atomic E-state index is 12.4. The lowest BCUT2D eigenvalue weighted by molar-refractivity contribution is -0.115. The molecule has 0 aliphatic heterocycles. The van der Waals surface area contributed by atoms with Crippen LogP contribution in [0.5, 0.6) is 0 Å². The first-order chi connectivity index (χ1) is 11.9. The summed E-state index contributed by atoms with van der Waals surface area (Å²) in [7, 11) is 0. The first-order valence-corrected chi connectivity index (χ1v) is 8.56. The van der Waals surface area contributed by atoms with Gasteiger partial charge in [0.2, 0.25) is 5.91 Å². The van der Waals surface area contributed by atoms with Gasteiger partial charge >= 0.3 is 5.97 Å². The smallest absolute Gasteiger partial charge is 0.335 e. The molecule has 0 saturated heterocycles. The summed E-state index contributed by atoms with van der Waals surface area (Å²) in [5.74, 6) is -1.43. The van der Waals surface area contributed by atoms with Crippen LogP contribution in [0, 0.1) is 0 Å². The number of carbonyl (C=O) groups excluding carboxylic acids is 1. The fourth-order valence-electron chi connectivity index (χ4n) is 2.09. The van der Waals surface area contributed by atoms with Crippen LogP contribution >= 0.6 is 23.4 Å². The van der Waals surface area contributed by atoms with E-state index in [1.807, 2.05) is 18.2 Å². The number of rotatable bonds is 5. The number of nitrogens with one attached hydrogen (secondary N) is 1. The third-order valence-electron chi connectivity index (χ3n) is 3.39. The summed E-state index contributed by atoms with van der Waals surface area (Å²) in [4.78, 5) is 27.7. The van der Waals surface area contributed by atoms with Crippen molar-refractivity contribution in [1.82, 2.24) is 4.98 Å². The summed E-state index contributed by atoms with van der Waals surface area (Å²) in [5, 5.41) is 11.8. The van der Waals surface area contributed by atoms with E-state index in [0.29, 0.717) is 10.8 Å². The van der Waals surface area contributed by atoms with E-state index in [-0.39, 0.29) is 22.2 Å². The zero-order valence-corrected chi connectivity index (χ0v) is 14.6. The van der Waals surface area contributed by atoms with E-state index in [1.54, 1.807) is 13.0 Å². The summed E-state index contributed by atoms with van der Waals surface area (Å²) in [6.45, 7) is 1.70. The first-order valence-electron chi connectivity index (χ1n) is 7.30. The fraction of sp³-hybridized carbons (Fsp3) is 0.118. The Morgan fingerprint density at radius 1 is 1.28 bits per heavy atom. The van der Waals surface area contributed by atoms with Gasteiger partial charge in [0.25, 0.3) is 5.22 Å². The van der Waals surface area contributed by atoms with Gasteiger partial charge in [0.05, 0.1) is 21.5 Å². The number of hydrogen-bond donors (Lipinski definition) is 2. The molecule has 0 bridgehead atoms. The Balaban J connectivity index is 1.72. The van der Waals surface area contributed by atoms with Crippen LogP contribution < -0.4 is 5.32 Å². The number of fused-ring (bicyclic) bond motifs is 1. The minimum Gasteiger partial charge on any atom is -0.478 e. The molecule has 0 aliphatic rings. The highest BCUT2D eigenvalue weighted by Crippen LogP contribution is 2.28. The molecule has 0 fully saturated rings. The molecule has 1 heterocycles. The fourth-order valence-corrected chi connectivity index (χ4v) is 3.02. The number of benzene rings is 2. The van der Waals surface area contributed by atoms with Crippen LogP contribution in [0.2, 0.25) is 5.02 Å². The van der Waals surface area contributed by atoms with Gasteiger partial charge in [0, 0.05) is 0 Å². The molecule has 1 aromatic heterocycles. The van der Waals surface area contributed by atoms with Crippen molar-refractivity contribution < 1.29 is 19.1 Å². The quantitative estimate of drug-likeness (QED) is 0.645. The van der Waals surface area contributed by atoms with Crippen molar-refractivity contribution in [3.63, 3.8) is 0 Å². The molecule has 3 aromatic rings. The van der Waals surface area contributed by atoms with E-state index >= 15 is 0 Å². The van der Waals surface area contributed by atoms with Crippen LogP contribution in [0.3, 0.4) is 0 Å². The predicted octanol–water partition coefficient (Wildman–Crippen LogP) is 4.30. The summed E-state index contributed by atoms with van der Waals surface area (Å²) in [6.07, 6.45) is 0. The molecule has 0 spiro atoms. The highest BCUT2D eigenvalue weighted by Gasteiger charge is 2.19. The summed E-state index contributed by atoms with van der Waals surface area (Å²) >= 11 is 7.18. The molecule has 0 aliphatic carbocycles. The number of nitrogens with zero attached hydrogens (tertiary/aromatic N) is 1. The lowest BCUT2D eigenvalue weighted by Crippen LogP contribution is -2.22. The second-order valence-corrected chi connectivity index (χ2v) is 6.90. The van der Waals surface area contributed by atoms with E-state index in [0.717, 1.165) is 17.3 Å². The van der Waals surface area contributed by atoms with Crippen molar-refractivity contribution in [2.24, 2.45) is 0 Å². The van der Waals surface area contributed by atoms with Gasteiger partial charge in [-0.2, -0.15) is 0 Å². The molecule has 0 radical (unpaired) electrons. The van der Waals surface area contributed by atoms with Crippen LogP contribution in [0.25, 0.3) is 11.1 Å². The van der Waals surface area contributed by atoms with Gasteiger partial charge in [-0.05, 0) is 37.3 Å². The van der Waals surface area contributed by atoms with Gasteiger partial charge < -0.3 is 14.8 Å². The summed E-state index contributed by atoms with van der Waals surface area (Å²) < 4.78 is 5.58. The van der Waals surface area contributed by atoms with Crippen LogP contribution in [-0.2, 0) is 4.79 Å². The van der Waals surface area contributed by atoms with Crippen LogP contribution in [0.1, 0.15) is 17.3 Å². The van der Waals surface area contributed by atoms with Crippen LogP contribution in [0.15, 0.2) is 52.1 Å². The van der Waals surface area contributed by atoms with Gasteiger partial charge in [-0.25, -0.2) is 9.78 Å². The highest BCUT2D eigenvalue weighted by atomic mass is 35.5. The number of carboxylic acids is 1. The standard InChI is InChI=1S/C17H13ClN2O4S/c1-9(25-17-20-12-4-2-3-5-14(12)24-17)15(21)19-13-8-10(16(22)23)6-7-11(13)18/h2-9H,1H3,(H,19,21)(H,22,23). The maximum atomic E-state index is 12.4. The Morgan fingerprint density at radius 3 is 2.76 bits per heavy atom. The Labute approximate surface area is 152 Å². The number of halogens is 1. The van der Waals surface area contributed by atoms with Crippen LogP contribution in [0.4, 0.5) is 5.69 Å². The molecule has 1 unspecified atom stereocenters. The Kier molecular flexibility index (Phi) is 4.96. The van der Waals surface area contributed by atoms with Crippen molar-refractivity contribution in [2.75, 3.05) is 5.32 Å². The van der Waals surface area contributed by atoms with E-state index in [4.69, 9.17) is 21.1 Å². The van der Waals surface area contributed by atoms with E-state index in [9.17, 15) is 9.59 Å². The number of aromatic carboxylic acids is 1. The van der Waals surface area contributed by atoms with Gasteiger partial charge in [0.1, 0.15) is 5.52 Å². The maximum Gasteiger partial charge on any atom is 0.335 e.